The first kappa shape index (κ1) is 22.5. The van der Waals surface area contributed by atoms with Crippen LogP contribution < -0.4 is 5.32 Å². The lowest BCUT2D eigenvalue weighted by atomic mass is 9.80. The number of ether oxygens (including phenoxy) is 2. The molecular weight excluding hydrogens is 400 g/mol. The number of nitrogens with zero attached hydrogens (tertiary/aromatic N) is 3. The van der Waals surface area contributed by atoms with E-state index in [1.54, 1.807) is 23.7 Å². The van der Waals surface area contributed by atoms with Crippen LogP contribution in [-0.2, 0) is 27.7 Å². The lowest BCUT2D eigenvalue weighted by molar-refractivity contribution is -0.384. The Labute approximate surface area is 181 Å². The number of fused-ring (bicyclic) bond motifs is 1. The highest BCUT2D eigenvalue weighted by Gasteiger charge is 2.37. The zero-order valence-corrected chi connectivity index (χ0v) is 18.3. The molecule has 1 aliphatic rings. The van der Waals surface area contributed by atoms with E-state index in [-0.39, 0.29) is 18.9 Å². The van der Waals surface area contributed by atoms with Crippen molar-refractivity contribution < 1.29 is 19.2 Å². The molecule has 0 saturated heterocycles. The fourth-order valence-electron chi connectivity index (χ4n) is 3.90. The number of hydrogen-bond donors (Lipinski definition) is 1. The van der Waals surface area contributed by atoms with Crippen molar-refractivity contribution in [1.82, 2.24) is 9.78 Å². The van der Waals surface area contributed by atoms with Crippen LogP contribution in [0.25, 0.3) is 0 Å². The topological polar surface area (TPSA) is 109 Å². The van der Waals surface area contributed by atoms with Gasteiger partial charge in [-0.2, -0.15) is 5.10 Å². The molecule has 31 heavy (non-hydrogen) atoms. The van der Waals surface area contributed by atoms with Gasteiger partial charge in [0.15, 0.2) is 0 Å². The average molecular weight is 428 g/mol. The molecule has 0 aliphatic carbocycles. The Kier molecular flexibility index (Phi) is 7.06. The standard InChI is InChI=1S/C22H28N4O5/c1-5-6-10-17-20-19(15-8-7-9-16(13-15)26(28)29)18(22(27)31-12-11-30-4)14(2)23-21(20)25(3)24-17/h7-9,13,19,23H,5-6,10-12H2,1-4H3. The monoisotopic (exact) mass is 428 g/mol. The second kappa shape index (κ2) is 9.74. The summed E-state index contributed by atoms with van der Waals surface area (Å²) in [5.41, 5.74) is 3.42. The highest BCUT2D eigenvalue weighted by Crippen LogP contribution is 2.44. The van der Waals surface area contributed by atoms with Crippen molar-refractivity contribution in [3.8, 4) is 0 Å². The Bertz CT molecular complexity index is 1010. The van der Waals surface area contributed by atoms with Crippen molar-refractivity contribution in [1.29, 1.82) is 0 Å². The zero-order chi connectivity index (χ0) is 22.5. The van der Waals surface area contributed by atoms with E-state index in [2.05, 4.69) is 17.3 Å². The van der Waals surface area contributed by atoms with Crippen LogP contribution in [-0.4, -0.2) is 41.0 Å². The van der Waals surface area contributed by atoms with Gasteiger partial charge in [-0.3, -0.25) is 14.8 Å². The Hall–Kier alpha value is -3.20. The van der Waals surface area contributed by atoms with E-state index in [1.165, 1.54) is 19.2 Å². The molecule has 2 aromatic rings. The minimum absolute atomic E-state index is 0.0265. The summed E-state index contributed by atoms with van der Waals surface area (Å²) >= 11 is 0. The first-order chi connectivity index (χ1) is 14.9. The summed E-state index contributed by atoms with van der Waals surface area (Å²) in [6.45, 7) is 4.32. The molecule has 0 radical (unpaired) electrons. The number of non-ortho nitro benzene ring substituents is 1. The fraction of sp³-hybridized carbons (Fsp3) is 0.455. The summed E-state index contributed by atoms with van der Waals surface area (Å²) in [7, 11) is 3.38. The van der Waals surface area contributed by atoms with Crippen LogP contribution in [0.15, 0.2) is 35.5 Å². The molecule has 9 nitrogen and oxygen atoms in total. The largest absolute Gasteiger partial charge is 0.460 e. The molecule has 0 spiro atoms. The van der Waals surface area contributed by atoms with Crippen LogP contribution >= 0.6 is 0 Å². The summed E-state index contributed by atoms with van der Waals surface area (Å²) in [5.74, 6) is -0.213. The van der Waals surface area contributed by atoms with E-state index in [0.29, 0.717) is 16.8 Å². The van der Waals surface area contributed by atoms with Gasteiger partial charge in [0.25, 0.3) is 5.69 Å². The van der Waals surface area contributed by atoms with Crippen LogP contribution in [0.5, 0.6) is 0 Å². The molecule has 0 saturated carbocycles. The van der Waals surface area contributed by atoms with E-state index < -0.39 is 16.8 Å². The molecule has 9 heteroatoms. The lowest BCUT2D eigenvalue weighted by Gasteiger charge is -2.29. The lowest BCUT2D eigenvalue weighted by Crippen LogP contribution is -2.26. The van der Waals surface area contributed by atoms with Gasteiger partial charge in [-0.05, 0) is 25.3 Å². The van der Waals surface area contributed by atoms with E-state index in [1.807, 2.05) is 7.05 Å². The highest BCUT2D eigenvalue weighted by atomic mass is 16.6. The molecule has 166 valence electrons. The van der Waals surface area contributed by atoms with E-state index in [0.717, 1.165) is 36.3 Å². The number of anilines is 1. The number of unbranched alkanes of at least 4 members (excludes halogenated alkanes) is 1. The summed E-state index contributed by atoms with van der Waals surface area (Å²) in [5, 5.41) is 19.4. The van der Waals surface area contributed by atoms with Crippen LogP contribution in [0.2, 0.25) is 0 Å². The molecule has 0 bridgehead atoms. The summed E-state index contributed by atoms with van der Waals surface area (Å²) in [4.78, 5) is 24.1. The predicted molar refractivity (Wildman–Crippen MR) is 116 cm³/mol. The van der Waals surface area contributed by atoms with Gasteiger partial charge < -0.3 is 14.8 Å². The Morgan fingerprint density at radius 2 is 2.13 bits per heavy atom. The SMILES string of the molecule is CCCCc1nn(C)c2c1C(c1cccc([N+](=O)[O-])c1)C(C(=O)OCCOC)=C(C)N2. The normalized spacial score (nSPS) is 15.4. The number of methoxy groups -OCH3 is 1. The van der Waals surface area contributed by atoms with Gasteiger partial charge in [-0.15, -0.1) is 0 Å². The third kappa shape index (κ3) is 4.61. The van der Waals surface area contributed by atoms with Crippen molar-refractivity contribution in [3.63, 3.8) is 0 Å². The quantitative estimate of drug-likeness (QED) is 0.281. The predicted octanol–water partition coefficient (Wildman–Crippen LogP) is 3.69. The van der Waals surface area contributed by atoms with Crippen molar-refractivity contribution in [2.45, 2.75) is 39.0 Å². The van der Waals surface area contributed by atoms with Gasteiger partial charge in [-0.25, -0.2) is 4.79 Å². The molecule has 1 unspecified atom stereocenters. The van der Waals surface area contributed by atoms with Gasteiger partial charge in [0.1, 0.15) is 12.4 Å². The number of nitro benzene ring substituents is 1. The van der Waals surface area contributed by atoms with E-state index in [9.17, 15) is 14.9 Å². The molecule has 1 aliphatic heterocycles. The number of nitrogens with one attached hydrogen (secondary N) is 1. The second-order valence-corrected chi connectivity index (χ2v) is 7.51. The number of hydrogen-bond acceptors (Lipinski definition) is 7. The number of rotatable bonds is 9. The third-order valence-corrected chi connectivity index (χ3v) is 5.37. The fourth-order valence-corrected chi connectivity index (χ4v) is 3.90. The second-order valence-electron chi connectivity index (χ2n) is 7.51. The highest BCUT2D eigenvalue weighted by molar-refractivity contribution is 5.94. The molecule has 1 N–H and O–H groups in total. The smallest absolute Gasteiger partial charge is 0.336 e. The van der Waals surface area contributed by atoms with Gasteiger partial charge in [0, 0.05) is 43.5 Å². The number of carbonyl (C=O) groups excluding carboxylic acids is 1. The molecule has 1 aromatic carbocycles. The molecule has 0 amide bonds. The number of allylic oxidation sites excluding steroid dienone is 1. The minimum Gasteiger partial charge on any atom is -0.460 e. The maximum Gasteiger partial charge on any atom is 0.336 e. The van der Waals surface area contributed by atoms with Crippen LogP contribution in [0.3, 0.4) is 0 Å². The number of benzene rings is 1. The molecule has 1 aromatic heterocycles. The maximum atomic E-state index is 13.1. The van der Waals surface area contributed by atoms with Crippen LogP contribution in [0.1, 0.15) is 49.4 Å². The molecule has 1 atom stereocenters. The Morgan fingerprint density at radius 3 is 2.81 bits per heavy atom. The van der Waals surface area contributed by atoms with Crippen molar-refractivity contribution in [2.75, 3.05) is 25.6 Å². The van der Waals surface area contributed by atoms with Crippen molar-refractivity contribution in [3.05, 3.63) is 62.5 Å². The van der Waals surface area contributed by atoms with Crippen molar-refractivity contribution >= 4 is 17.5 Å². The maximum absolute atomic E-state index is 13.1. The number of carbonyl (C=O) groups is 1. The van der Waals surface area contributed by atoms with Gasteiger partial charge in [0.2, 0.25) is 0 Å². The third-order valence-electron chi connectivity index (χ3n) is 5.37. The summed E-state index contributed by atoms with van der Waals surface area (Å²) < 4.78 is 12.2. The van der Waals surface area contributed by atoms with E-state index >= 15 is 0 Å². The van der Waals surface area contributed by atoms with Gasteiger partial charge in [-0.1, -0.05) is 25.5 Å². The first-order valence-corrected chi connectivity index (χ1v) is 10.3. The summed E-state index contributed by atoms with van der Waals surface area (Å²) in [6.07, 6.45) is 2.69. The zero-order valence-electron chi connectivity index (χ0n) is 18.3. The number of aromatic nitrogens is 2. The van der Waals surface area contributed by atoms with Crippen molar-refractivity contribution in [2.24, 2.45) is 7.05 Å². The number of aryl methyl sites for hydroxylation is 2. The number of esters is 1. The van der Waals surface area contributed by atoms with Gasteiger partial charge >= 0.3 is 5.97 Å². The molecule has 0 fully saturated rings. The molecule has 3 rings (SSSR count). The Morgan fingerprint density at radius 1 is 1.35 bits per heavy atom. The summed E-state index contributed by atoms with van der Waals surface area (Å²) in [6, 6.07) is 6.41. The molecule has 2 heterocycles. The average Bonchev–Trinajstić information content (AvgIpc) is 3.06. The first-order valence-electron chi connectivity index (χ1n) is 10.3. The minimum atomic E-state index is -0.522. The number of nitro groups is 1. The van der Waals surface area contributed by atoms with Crippen LogP contribution in [0.4, 0.5) is 11.5 Å². The van der Waals surface area contributed by atoms with Crippen LogP contribution in [0, 0.1) is 10.1 Å². The Balaban J connectivity index is 2.16. The van der Waals surface area contributed by atoms with E-state index in [4.69, 9.17) is 9.47 Å². The van der Waals surface area contributed by atoms with Gasteiger partial charge in [0.05, 0.1) is 22.8 Å². The molecular formula is C22H28N4O5.